The molecule has 0 bridgehead atoms. The molecule has 0 atom stereocenters. The molecule has 1 aliphatic heterocycles. The standard InChI is InChI=1S/C9H14N4O3/c14-8(2-1-3-9(15)16)10-5-4-7-6-11-13-12-7/h1-6H2,(H,10,14)(H,15,16). The Kier molecular flexibility index (Phi) is 5.10. The molecule has 1 aliphatic rings. The number of hydrogen-bond acceptors (Lipinski definition) is 5. The maximum absolute atomic E-state index is 11.2. The number of amides is 1. The Hall–Kier alpha value is -1.79. The van der Waals surface area contributed by atoms with Crippen molar-refractivity contribution >= 4 is 17.6 Å². The zero-order valence-electron chi connectivity index (χ0n) is 8.85. The molecule has 0 aromatic carbocycles. The summed E-state index contributed by atoms with van der Waals surface area (Å²) >= 11 is 0. The largest absolute Gasteiger partial charge is 0.481 e. The number of rotatable bonds is 7. The Labute approximate surface area is 92.6 Å². The molecule has 88 valence electrons. The summed E-state index contributed by atoms with van der Waals surface area (Å²) in [6.07, 6.45) is 1.27. The Bertz CT molecular complexity index is 325. The second-order valence-corrected chi connectivity index (χ2v) is 3.40. The minimum Gasteiger partial charge on any atom is -0.481 e. The van der Waals surface area contributed by atoms with Crippen LogP contribution in [0.1, 0.15) is 25.7 Å². The Morgan fingerprint density at radius 2 is 2.19 bits per heavy atom. The fourth-order valence-corrected chi connectivity index (χ4v) is 1.20. The van der Waals surface area contributed by atoms with Crippen molar-refractivity contribution in [1.82, 2.24) is 5.32 Å². The fourth-order valence-electron chi connectivity index (χ4n) is 1.20. The van der Waals surface area contributed by atoms with Gasteiger partial charge in [-0.1, -0.05) is 0 Å². The van der Waals surface area contributed by atoms with Gasteiger partial charge in [-0.15, -0.1) is 5.10 Å². The van der Waals surface area contributed by atoms with Crippen LogP contribution in [0, 0.1) is 0 Å². The van der Waals surface area contributed by atoms with Gasteiger partial charge in [-0.05, 0) is 11.6 Å². The van der Waals surface area contributed by atoms with Gasteiger partial charge < -0.3 is 10.4 Å². The first-order valence-electron chi connectivity index (χ1n) is 5.09. The zero-order chi connectivity index (χ0) is 11.8. The summed E-state index contributed by atoms with van der Waals surface area (Å²) in [6.45, 7) is 1.00. The topological polar surface area (TPSA) is 103 Å². The zero-order valence-corrected chi connectivity index (χ0v) is 8.85. The molecule has 0 fully saturated rings. The van der Waals surface area contributed by atoms with Gasteiger partial charge in [0.15, 0.2) is 0 Å². The van der Waals surface area contributed by atoms with E-state index in [0.717, 1.165) is 5.71 Å². The molecule has 0 spiro atoms. The summed E-state index contributed by atoms with van der Waals surface area (Å²) in [7, 11) is 0. The quantitative estimate of drug-likeness (QED) is 0.663. The lowest BCUT2D eigenvalue weighted by atomic mass is 10.2. The van der Waals surface area contributed by atoms with Crippen molar-refractivity contribution in [2.24, 2.45) is 15.4 Å². The molecule has 1 heterocycles. The Balaban J connectivity index is 2.00. The van der Waals surface area contributed by atoms with E-state index in [1.807, 2.05) is 0 Å². The molecule has 0 aromatic rings. The molecule has 7 nitrogen and oxygen atoms in total. The summed E-state index contributed by atoms with van der Waals surface area (Å²) in [4.78, 5) is 21.4. The van der Waals surface area contributed by atoms with Crippen LogP contribution in [0.15, 0.2) is 15.4 Å². The van der Waals surface area contributed by atoms with Gasteiger partial charge in [0, 0.05) is 25.8 Å². The first-order valence-corrected chi connectivity index (χ1v) is 5.09. The average Bonchev–Trinajstić information content (AvgIpc) is 2.70. The predicted octanol–water partition coefficient (Wildman–Crippen LogP) is 0.569. The van der Waals surface area contributed by atoms with E-state index in [2.05, 4.69) is 20.8 Å². The summed E-state index contributed by atoms with van der Waals surface area (Å²) < 4.78 is 0. The van der Waals surface area contributed by atoms with Crippen LogP contribution >= 0.6 is 0 Å². The third-order valence-corrected chi connectivity index (χ3v) is 2.03. The van der Waals surface area contributed by atoms with Crippen LogP contribution in [0.2, 0.25) is 0 Å². The minimum absolute atomic E-state index is 0.0257. The Morgan fingerprint density at radius 3 is 2.81 bits per heavy atom. The fraction of sp³-hybridized carbons (Fsp3) is 0.667. The number of aliphatic carboxylic acids is 1. The summed E-state index contributed by atoms with van der Waals surface area (Å²) in [6, 6.07) is 0. The molecule has 0 saturated heterocycles. The lowest BCUT2D eigenvalue weighted by molar-refractivity contribution is -0.137. The number of nitrogens with zero attached hydrogens (tertiary/aromatic N) is 3. The van der Waals surface area contributed by atoms with Crippen molar-refractivity contribution in [3.8, 4) is 0 Å². The molecular formula is C9H14N4O3. The van der Waals surface area contributed by atoms with Crippen molar-refractivity contribution in [3.63, 3.8) is 0 Å². The van der Waals surface area contributed by atoms with Gasteiger partial charge in [-0.3, -0.25) is 9.59 Å². The van der Waals surface area contributed by atoms with Gasteiger partial charge in [0.25, 0.3) is 0 Å². The lowest BCUT2D eigenvalue weighted by Crippen LogP contribution is -2.26. The van der Waals surface area contributed by atoms with Crippen molar-refractivity contribution in [1.29, 1.82) is 0 Å². The minimum atomic E-state index is -0.878. The molecule has 0 radical (unpaired) electrons. The van der Waals surface area contributed by atoms with Crippen LogP contribution < -0.4 is 5.32 Å². The van der Waals surface area contributed by atoms with Gasteiger partial charge in [0.1, 0.15) is 6.54 Å². The van der Waals surface area contributed by atoms with Gasteiger partial charge in [0.2, 0.25) is 5.91 Å². The summed E-state index contributed by atoms with van der Waals surface area (Å²) in [5.74, 6) is -1.01. The van der Waals surface area contributed by atoms with Crippen molar-refractivity contribution in [2.75, 3.05) is 13.1 Å². The van der Waals surface area contributed by atoms with Gasteiger partial charge in [-0.2, -0.15) is 5.11 Å². The van der Waals surface area contributed by atoms with Crippen molar-refractivity contribution in [3.05, 3.63) is 0 Å². The highest BCUT2D eigenvalue weighted by atomic mass is 16.4. The van der Waals surface area contributed by atoms with E-state index in [0.29, 0.717) is 25.9 Å². The van der Waals surface area contributed by atoms with E-state index in [1.165, 1.54) is 0 Å². The molecule has 0 aromatic heterocycles. The third-order valence-electron chi connectivity index (χ3n) is 2.03. The van der Waals surface area contributed by atoms with Crippen LogP contribution in [0.25, 0.3) is 0 Å². The second-order valence-electron chi connectivity index (χ2n) is 3.40. The summed E-state index contributed by atoms with van der Waals surface area (Å²) in [5, 5.41) is 22.0. The van der Waals surface area contributed by atoms with Crippen LogP contribution in [0.4, 0.5) is 0 Å². The molecular weight excluding hydrogens is 212 g/mol. The lowest BCUT2D eigenvalue weighted by Gasteiger charge is -2.03. The number of nitrogens with one attached hydrogen (secondary N) is 1. The Morgan fingerprint density at radius 1 is 1.38 bits per heavy atom. The van der Waals surface area contributed by atoms with E-state index in [1.54, 1.807) is 0 Å². The highest BCUT2D eigenvalue weighted by Crippen LogP contribution is 1.98. The normalized spacial score (nSPS) is 13.6. The number of carbonyl (C=O) groups excluding carboxylic acids is 1. The molecule has 0 unspecified atom stereocenters. The molecule has 2 N–H and O–H groups in total. The summed E-state index contributed by atoms with van der Waals surface area (Å²) in [5.41, 5.74) is 0.853. The molecule has 16 heavy (non-hydrogen) atoms. The van der Waals surface area contributed by atoms with Crippen LogP contribution in [-0.4, -0.2) is 35.8 Å². The second kappa shape index (κ2) is 6.65. The third kappa shape index (κ3) is 5.18. The first-order chi connectivity index (χ1) is 7.68. The molecule has 1 rings (SSSR count). The van der Waals surface area contributed by atoms with Gasteiger partial charge >= 0.3 is 5.97 Å². The van der Waals surface area contributed by atoms with E-state index < -0.39 is 5.97 Å². The molecule has 1 amide bonds. The van der Waals surface area contributed by atoms with Gasteiger partial charge in [-0.25, -0.2) is 0 Å². The maximum atomic E-state index is 11.2. The van der Waals surface area contributed by atoms with Crippen molar-refractivity contribution < 1.29 is 14.7 Å². The molecule has 7 heteroatoms. The predicted molar refractivity (Wildman–Crippen MR) is 56.3 cm³/mol. The number of carbonyl (C=O) groups is 2. The smallest absolute Gasteiger partial charge is 0.303 e. The van der Waals surface area contributed by atoms with Crippen LogP contribution in [0.3, 0.4) is 0 Å². The molecule has 0 saturated carbocycles. The first kappa shape index (κ1) is 12.3. The van der Waals surface area contributed by atoms with Gasteiger partial charge in [0.05, 0.1) is 5.71 Å². The number of carboxylic acids is 1. The average molecular weight is 226 g/mol. The highest BCUT2D eigenvalue weighted by Gasteiger charge is 2.06. The van der Waals surface area contributed by atoms with E-state index in [4.69, 9.17) is 5.11 Å². The van der Waals surface area contributed by atoms with Crippen molar-refractivity contribution in [2.45, 2.75) is 25.7 Å². The van der Waals surface area contributed by atoms with E-state index >= 15 is 0 Å². The monoisotopic (exact) mass is 226 g/mol. The van der Waals surface area contributed by atoms with Crippen LogP contribution in [0.5, 0.6) is 0 Å². The highest BCUT2D eigenvalue weighted by molar-refractivity contribution is 5.87. The van der Waals surface area contributed by atoms with Crippen LogP contribution in [-0.2, 0) is 9.59 Å². The van der Waals surface area contributed by atoms with E-state index in [-0.39, 0.29) is 18.7 Å². The SMILES string of the molecule is O=C(O)CCCC(=O)NCCC1=NN=NC1. The molecule has 0 aliphatic carbocycles. The van der Waals surface area contributed by atoms with E-state index in [9.17, 15) is 9.59 Å². The number of carboxylic acid groups (broad SMARTS) is 1. The maximum Gasteiger partial charge on any atom is 0.303 e. The number of hydrogen-bond donors (Lipinski definition) is 2.